The Kier molecular flexibility index (Phi) is 4.72. The van der Waals surface area contributed by atoms with Crippen molar-refractivity contribution in [3.8, 4) is 16.9 Å². The molecule has 110 valence electrons. The number of methoxy groups -OCH3 is 2. The van der Waals surface area contributed by atoms with Gasteiger partial charge in [0.15, 0.2) is 0 Å². The lowest BCUT2D eigenvalue weighted by molar-refractivity contribution is 0.0601. The van der Waals surface area contributed by atoms with E-state index in [1.165, 1.54) is 14.2 Å². The van der Waals surface area contributed by atoms with Gasteiger partial charge in [0, 0.05) is 23.9 Å². The minimum absolute atomic E-state index is 0.0404. The number of nitrogens with zero attached hydrogens (tertiary/aromatic N) is 2. The predicted molar refractivity (Wildman–Crippen MR) is 78.3 cm³/mol. The standard InChI is InChI=1S/C14H14ClN3O3/c1-20-11-7-17-4-3-9(11)10-5-8(6-16)18-13(15)12(10)14(19)21-2/h3-5,7H,6,16H2,1-2H3. The summed E-state index contributed by atoms with van der Waals surface area (Å²) < 4.78 is 10.0. The van der Waals surface area contributed by atoms with Crippen LogP contribution in [0.5, 0.6) is 5.75 Å². The van der Waals surface area contributed by atoms with Crippen LogP contribution in [-0.2, 0) is 11.3 Å². The molecule has 2 heterocycles. The number of pyridine rings is 2. The quantitative estimate of drug-likeness (QED) is 0.687. The Morgan fingerprint density at radius 3 is 2.76 bits per heavy atom. The molecule has 0 aliphatic rings. The molecule has 0 aromatic carbocycles. The number of nitrogens with two attached hydrogens (primary N) is 1. The number of aromatic nitrogens is 2. The van der Waals surface area contributed by atoms with Gasteiger partial charge in [0.25, 0.3) is 0 Å². The maximum absolute atomic E-state index is 12.0. The molecule has 2 rings (SSSR count). The summed E-state index contributed by atoms with van der Waals surface area (Å²) in [5, 5.41) is 0.0404. The van der Waals surface area contributed by atoms with E-state index in [1.54, 1.807) is 24.5 Å². The van der Waals surface area contributed by atoms with Crippen LogP contribution >= 0.6 is 11.6 Å². The van der Waals surface area contributed by atoms with Crippen LogP contribution in [0.1, 0.15) is 16.1 Å². The maximum Gasteiger partial charge on any atom is 0.341 e. The molecule has 0 spiro atoms. The number of carbonyl (C=O) groups is 1. The van der Waals surface area contributed by atoms with Gasteiger partial charge in [-0.1, -0.05) is 11.6 Å². The Morgan fingerprint density at radius 1 is 1.38 bits per heavy atom. The second-order valence-corrected chi connectivity index (χ2v) is 4.46. The molecule has 0 aliphatic heterocycles. The van der Waals surface area contributed by atoms with Gasteiger partial charge in [0.05, 0.1) is 26.1 Å². The van der Waals surface area contributed by atoms with E-state index in [1.807, 2.05) is 0 Å². The van der Waals surface area contributed by atoms with Crippen molar-refractivity contribution in [3.63, 3.8) is 0 Å². The fourth-order valence-electron chi connectivity index (χ4n) is 1.94. The molecule has 0 saturated carbocycles. The summed E-state index contributed by atoms with van der Waals surface area (Å²) in [4.78, 5) is 20.1. The minimum Gasteiger partial charge on any atom is -0.494 e. The average molecular weight is 308 g/mol. The highest BCUT2D eigenvalue weighted by Gasteiger charge is 2.22. The molecule has 0 amide bonds. The van der Waals surface area contributed by atoms with E-state index < -0.39 is 5.97 Å². The molecular weight excluding hydrogens is 294 g/mol. The van der Waals surface area contributed by atoms with Gasteiger partial charge < -0.3 is 15.2 Å². The van der Waals surface area contributed by atoms with Crippen molar-refractivity contribution in [2.45, 2.75) is 6.54 Å². The number of rotatable bonds is 4. The lowest BCUT2D eigenvalue weighted by Crippen LogP contribution is -2.09. The molecule has 2 N–H and O–H groups in total. The van der Waals surface area contributed by atoms with Crippen LogP contribution in [0.25, 0.3) is 11.1 Å². The highest BCUT2D eigenvalue weighted by Crippen LogP contribution is 2.34. The van der Waals surface area contributed by atoms with E-state index in [-0.39, 0.29) is 17.3 Å². The van der Waals surface area contributed by atoms with Crippen molar-refractivity contribution >= 4 is 17.6 Å². The van der Waals surface area contributed by atoms with Crippen LogP contribution in [0.15, 0.2) is 24.5 Å². The first-order valence-electron chi connectivity index (χ1n) is 6.08. The SMILES string of the molecule is COC(=O)c1c(-c2ccncc2OC)cc(CN)nc1Cl. The van der Waals surface area contributed by atoms with Gasteiger partial charge in [-0.25, -0.2) is 9.78 Å². The number of hydrogen-bond donors (Lipinski definition) is 1. The van der Waals surface area contributed by atoms with E-state index in [0.717, 1.165) is 0 Å². The Balaban J connectivity index is 2.76. The molecule has 0 fully saturated rings. The predicted octanol–water partition coefficient (Wildman–Crippen LogP) is 2.05. The molecule has 2 aromatic heterocycles. The van der Waals surface area contributed by atoms with Gasteiger partial charge in [0.2, 0.25) is 0 Å². The van der Waals surface area contributed by atoms with Crippen LogP contribution in [0.2, 0.25) is 5.15 Å². The van der Waals surface area contributed by atoms with Crippen molar-refractivity contribution in [2.24, 2.45) is 5.73 Å². The first kappa shape index (κ1) is 15.2. The fraction of sp³-hybridized carbons (Fsp3) is 0.214. The topological polar surface area (TPSA) is 87.3 Å². The Morgan fingerprint density at radius 2 is 2.14 bits per heavy atom. The van der Waals surface area contributed by atoms with Gasteiger partial charge in [-0.2, -0.15) is 0 Å². The van der Waals surface area contributed by atoms with Crippen LogP contribution < -0.4 is 10.5 Å². The van der Waals surface area contributed by atoms with Crippen molar-refractivity contribution in [1.29, 1.82) is 0 Å². The second kappa shape index (κ2) is 6.51. The summed E-state index contributed by atoms with van der Waals surface area (Å²) in [5.74, 6) is -0.0715. The lowest BCUT2D eigenvalue weighted by atomic mass is 10.0. The molecule has 0 atom stereocenters. The highest BCUT2D eigenvalue weighted by molar-refractivity contribution is 6.33. The summed E-state index contributed by atoms with van der Waals surface area (Å²) in [7, 11) is 2.80. The molecule has 0 radical (unpaired) electrons. The zero-order valence-corrected chi connectivity index (χ0v) is 12.3. The van der Waals surface area contributed by atoms with E-state index in [2.05, 4.69) is 9.97 Å². The smallest absolute Gasteiger partial charge is 0.341 e. The fourth-order valence-corrected chi connectivity index (χ4v) is 2.23. The van der Waals surface area contributed by atoms with Gasteiger partial charge in [-0.05, 0) is 12.1 Å². The maximum atomic E-state index is 12.0. The molecule has 21 heavy (non-hydrogen) atoms. The lowest BCUT2D eigenvalue weighted by Gasteiger charge is -2.13. The monoisotopic (exact) mass is 307 g/mol. The van der Waals surface area contributed by atoms with Gasteiger partial charge in [0.1, 0.15) is 16.5 Å². The first-order valence-corrected chi connectivity index (χ1v) is 6.46. The number of hydrogen-bond acceptors (Lipinski definition) is 6. The third kappa shape index (κ3) is 2.96. The van der Waals surface area contributed by atoms with E-state index in [4.69, 9.17) is 26.8 Å². The molecular formula is C14H14ClN3O3. The minimum atomic E-state index is -0.579. The normalized spacial score (nSPS) is 10.3. The van der Waals surface area contributed by atoms with Gasteiger partial charge in [-0.3, -0.25) is 4.98 Å². The van der Waals surface area contributed by atoms with Crippen LogP contribution in [0.3, 0.4) is 0 Å². The molecule has 0 bridgehead atoms. The number of ether oxygens (including phenoxy) is 2. The largest absolute Gasteiger partial charge is 0.494 e. The third-order valence-electron chi connectivity index (χ3n) is 2.92. The Bertz CT molecular complexity index is 677. The summed E-state index contributed by atoms with van der Waals surface area (Å²) in [5.41, 5.74) is 7.54. The number of carbonyl (C=O) groups excluding carboxylic acids is 1. The second-order valence-electron chi connectivity index (χ2n) is 4.10. The Hall–Kier alpha value is -2.18. The average Bonchev–Trinajstić information content (AvgIpc) is 2.53. The van der Waals surface area contributed by atoms with Crippen molar-refractivity contribution < 1.29 is 14.3 Å². The molecule has 2 aromatic rings. The molecule has 7 heteroatoms. The Labute approximate surface area is 126 Å². The van der Waals surface area contributed by atoms with Crippen molar-refractivity contribution in [2.75, 3.05) is 14.2 Å². The summed E-state index contributed by atoms with van der Waals surface area (Å²) in [6.07, 6.45) is 3.14. The van der Waals surface area contributed by atoms with Crippen LogP contribution in [-0.4, -0.2) is 30.2 Å². The summed E-state index contributed by atoms with van der Waals surface area (Å²) in [6.45, 7) is 0.196. The van der Waals surface area contributed by atoms with Gasteiger partial charge in [-0.15, -0.1) is 0 Å². The number of halogens is 1. The number of esters is 1. The zero-order chi connectivity index (χ0) is 15.4. The van der Waals surface area contributed by atoms with E-state index >= 15 is 0 Å². The van der Waals surface area contributed by atoms with Crippen LogP contribution in [0.4, 0.5) is 0 Å². The molecule has 6 nitrogen and oxygen atoms in total. The summed E-state index contributed by atoms with van der Waals surface area (Å²) in [6, 6.07) is 3.41. The first-order chi connectivity index (χ1) is 10.1. The van der Waals surface area contributed by atoms with Crippen LogP contribution in [0, 0.1) is 0 Å². The van der Waals surface area contributed by atoms with E-state index in [0.29, 0.717) is 22.6 Å². The summed E-state index contributed by atoms with van der Waals surface area (Å²) >= 11 is 6.11. The molecule has 0 aliphatic carbocycles. The zero-order valence-electron chi connectivity index (χ0n) is 11.6. The highest BCUT2D eigenvalue weighted by atomic mass is 35.5. The molecule has 0 saturated heterocycles. The van der Waals surface area contributed by atoms with E-state index in [9.17, 15) is 4.79 Å². The van der Waals surface area contributed by atoms with Crippen molar-refractivity contribution in [3.05, 3.63) is 40.9 Å². The third-order valence-corrected chi connectivity index (χ3v) is 3.20. The molecule has 0 unspecified atom stereocenters. The van der Waals surface area contributed by atoms with Crippen molar-refractivity contribution in [1.82, 2.24) is 9.97 Å². The van der Waals surface area contributed by atoms with Gasteiger partial charge >= 0.3 is 5.97 Å².